The number of esters is 1. The van der Waals surface area contributed by atoms with Crippen molar-refractivity contribution >= 4 is 39.0 Å². The molecule has 0 saturated carbocycles. The summed E-state index contributed by atoms with van der Waals surface area (Å²) in [5.41, 5.74) is 1.15. The van der Waals surface area contributed by atoms with Crippen LogP contribution in [0.3, 0.4) is 0 Å². The first-order valence-electron chi connectivity index (χ1n) is 6.64. The number of rotatable bonds is 4. The highest BCUT2D eigenvalue weighted by Gasteiger charge is 2.17. The highest BCUT2D eigenvalue weighted by molar-refractivity contribution is 7.21. The van der Waals surface area contributed by atoms with Crippen LogP contribution in [0.5, 0.6) is 0 Å². The largest absolute Gasteiger partial charge is 0.461 e. The van der Waals surface area contributed by atoms with Gasteiger partial charge in [0.2, 0.25) is 0 Å². The fraction of sp³-hybridized carbons (Fsp3) is 0.118. The van der Waals surface area contributed by atoms with Crippen LogP contribution in [-0.4, -0.2) is 12.6 Å². The first-order valence-corrected chi connectivity index (χ1v) is 7.83. The van der Waals surface area contributed by atoms with Gasteiger partial charge in [0.05, 0.1) is 11.6 Å². The van der Waals surface area contributed by atoms with E-state index < -0.39 is 0 Å². The zero-order chi connectivity index (χ0) is 14.7. The maximum atomic E-state index is 12.1. The summed E-state index contributed by atoms with van der Waals surface area (Å²) in [5, 5.41) is 1.39. The lowest BCUT2D eigenvalue weighted by Gasteiger charge is -2.03. The summed E-state index contributed by atoms with van der Waals surface area (Å²) < 4.78 is 6.33. The van der Waals surface area contributed by atoms with Crippen molar-refractivity contribution in [2.45, 2.75) is 6.42 Å². The highest BCUT2D eigenvalue weighted by atomic mass is 35.5. The van der Waals surface area contributed by atoms with Gasteiger partial charge in [-0.2, -0.15) is 0 Å². The van der Waals surface area contributed by atoms with Crippen LogP contribution in [0.2, 0.25) is 5.02 Å². The fourth-order valence-corrected chi connectivity index (χ4v) is 3.52. The van der Waals surface area contributed by atoms with Crippen molar-refractivity contribution in [3.8, 4) is 0 Å². The van der Waals surface area contributed by atoms with Crippen LogP contribution in [0, 0.1) is 0 Å². The van der Waals surface area contributed by atoms with Gasteiger partial charge in [-0.05, 0) is 11.6 Å². The quantitative estimate of drug-likeness (QED) is 0.636. The number of ether oxygens (including phenoxy) is 1. The molecule has 0 bridgehead atoms. The molecule has 0 amide bonds. The Hall–Kier alpha value is -1.84. The monoisotopic (exact) mass is 316 g/mol. The molecule has 1 aromatic heterocycles. The topological polar surface area (TPSA) is 26.3 Å². The molecule has 2 nitrogen and oxygen atoms in total. The van der Waals surface area contributed by atoms with Gasteiger partial charge in [0, 0.05) is 16.5 Å². The first-order chi connectivity index (χ1) is 10.3. The average Bonchev–Trinajstić information content (AvgIpc) is 2.86. The molecule has 1 heterocycles. The van der Waals surface area contributed by atoms with E-state index in [1.807, 2.05) is 54.6 Å². The Morgan fingerprint density at radius 2 is 1.76 bits per heavy atom. The second-order valence-electron chi connectivity index (χ2n) is 4.61. The number of thiophene rings is 1. The van der Waals surface area contributed by atoms with Crippen LogP contribution in [0.4, 0.5) is 0 Å². The Labute approximate surface area is 131 Å². The van der Waals surface area contributed by atoms with Crippen LogP contribution in [-0.2, 0) is 11.2 Å². The lowest BCUT2D eigenvalue weighted by Crippen LogP contribution is -2.07. The Bertz CT molecular complexity index is 765. The molecule has 0 saturated heterocycles. The number of hydrogen-bond donors (Lipinski definition) is 0. The van der Waals surface area contributed by atoms with Gasteiger partial charge in [0.25, 0.3) is 0 Å². The van der Waals surface area contributed by atoms with E-state index >= 15 is 0 Å². The van der Waals surface area contributed by atoms with Crippen molar-refractivity contribution in [3.63, 3.8) is 0 Å². The van der Waals surface area contributed by atoms with Crippen LogP contribution in [0.25, 0.3) is 10.1 Å². The first kappa shape index (κ1) is 14.1. The molecule has 21 heavy (non-hydrogen) atoms. The number of hydrogen-bond acceptors (Lipinski definition) is 3. The van der Waals surface area contributed by atoms with Gasteiger partial charge in [-0.1, -0.05) is 60.1 Å². The summed E-state index contributed by atoms with van der Waals surface area (Å²) in [6.07, 6.45) is 0.703. The molecule has 0 aliphatic carbocycles. The minimum absolute atomic E-state index is 0.350. The van der Waals surface area contributed by atoms with E-state index in [1.165, 1.54) is 11.3 Å². The minimum Gasteiger partial charge on any atom is -0.461 e. The maximum absolute atomic E-state index is 12.1. The summed E-state index contributed by atoms with van der Waals surface area (Å²) >= 11 is 7.63. The van der Waals surface area contributed by atoms with E-state index in [4.69, 9.17) is 16.3 Å². The van der Waals surface area contributed by atoms with Crippen LogP contribution < -0.4 is 0 Å². The molecule has 4 heteroatoms. The lowest BCUT2D eigenvalue weighted by atomic mass is 10.2. The predicted octanol–water partition coefficient (Wildman–Crippen LogP) is 4.95. The molecule has 3 aromatic rings. The SMILES string of the molecule is O=C(OCCc1ccccc1)c1sc2ccccc2c1Cl. The van der Waals surface area contributed by atoms with Crippen LogP contribution >= 0.6 is 22.9 Å². The van der Waals surface area contributed by atoms with E-state index in [0.717, 1.165) is 15.6 Å². The number of carbonyl (C=O) groups is 1. The van der Waals surface area contributed by atoms with E-state index in [9.17, 15) is 4.79 Å². The van der Waals surface area contributed by atoms with Gasteiger partial charge in [-0.15, -0.1) is 11.3 Å². The Morgan fingerprint density at radius 1 is 1.05 bits per heavy atom. The summed E-state index contributed by atoms with van der Waals surface area (Å²) in [6, 6.07) is 17.6. The Balaban J connectivity index is 1.68. The van der Waals surface area contributed by atoms with Crippen molar-refractivity contribution in [2.75, 3.05) is 6.61 Å². The molecule has 0 aliphatic heterocycles. The standard InChI is InChI=1S/C17H13ClO2S/c18-15-13-8-4-5-9-14(13)21-16(15)17(19)20-11-10-12-6-2-1-3-7-12/h1-9H,10-11H2. The molecule has 0 atom stereocenters. The molecule has 106 valence electrons. The molecule has 3 rings (SSSR count). The Kier molecular flexibility index (Phi) is 4.23. The van der Waals surface area contributed by atoms with Crippen LogP contribution in [0.1, 0.15) is 15.2 Å². The van der Waals surface area contributed by atoms with Crippen molar-refractivity contribution in [1.29, 1.82) is 0 Å². The van der Waals surface area contributed by atoms with E-state index in [0.29, 0.717) is 22.9 Å². The third kappa shape index (κ3) is 3.09. The molecular weight excluding hydrogens is 304 g/mol. The number of benzene rings is 2. The van der Waals surface area contributed by atoms with Crippen LogP contribution in [0.15, 0.2) is 54.6 Å². The van der Waals surface area contributed by atoms with Gasteiger partial charge in [-0.25, -0.2) is 4.79 Å². The number of carbonyl (C=O) groups excluding carboxylic acids is 1. The molecule has 0 unspecified atom stereocenters. The van der Waals surface area contributed by atoms with Crippen molar-refractivity contribution in [3.05, 3.63) is 70.1 Å². The summed E-state index contributed by atoms with van der Waals surface area (Å²) in [5.74, 6) is -0.350. The minimum atomic E-state index is -0.350. The van der Waals surface area contributed by atoms with Gasteiger partial charge in [-0.3, -0.25) is 0 Å². The summed E-state index contributed by atoms with van der Waals surface area (Å²) in [6.45, 7) is 0.355. The second kappa shape index (κ2) is 6.29. The number of fused-ring (bicyclic) bond motifs is 1. The average molecular weight is 317 g/mol. The highest BCUT2D eigenvalue weighted by Crippen LogP contribution is 2.35. The second-order valence-corrected chi connectivity index (χ2v) is 6.04. The third-order valence-corrected chi connectivity index (χ3v) is 4.84. The van der Waals surface area contributed by atoms with Crippen molar-refractivity contribution in [2.24, 2.45) is 0 Å². The maximum Gasteiger partial charge on any atom is 0.349 e. The van der Waals surface area contributed by atoms with E-state index in [1.54, 1.807) is 0 Å². The van der Waals surface area contributed by atoms with Gasteiger partial charge < -0.3 is 4.74 Å². The van der Waals surface area contributed by atoms with Gasteiger partial charge in [0.1, 0.15) is 4.88 Å². The molecular formula is C17H13ClO2S. The van der Waals surface area contributed by atoms with Gasteiger partial charge >= 0.3 is 5.97 Å². The van der Waals surface area contributed by atoms with Gasteiger partial charge in [0.15, 0.2) is 0 Å². The third-order valence-electron chi connectivity index (χ3n) is 3.19. The zero-order valence-electron chi connectivity index (χ0n) is 11.2. The van der Waals surface area contributed by atoms with E-state index in [2.05, 4.69) is 0 Å². The molecule has 0 radical (unpaired) electrons. The normalized spacial score (nSPS) is 10.7. The van der Waals surface area contributed by atoms with E-state index in [-0.39, 0.29) is 5.97 Å². The molecule has 0 spiro atoms. The predicted molar refractivity (Wildman–Crippen MR) is 87.3 cm³/mol. The van der Waals surface area contributed by atoms with Crippen molar-refractivity contribution in [1.82, 2.24) is 0 Å². The lowest BCUT2D eigenvalue weighted by molar-refractivity contribution is 0.0515. The number of halogens is 1. The summed E-state index contributed by atoms with van der Waals surface area (Å²) in [4.78, 5) is 12.6. The van der Waals surface area contributed by atoms with Crippen molar-refractivity contribution < 1.29 is 9.53 Å². The Morgan fingerprint density at radius 3 is 2.52 bits per heavy atom. The summed E-state index contributed by atoms with van der Waals surface area (Å²) in [7, 11) is 0. The zero-order valence-corrected chi connectivity index (χ0v) is 12.8. The molecule has 0 fully saturated rings. The fourth-order valence-electron chi connectivity index (χ4n) is 2.12. The molecule has 2 aromatic carbocycles. The smallest absolute Gasteiger partial charge is 0.349 e. The molecule has 0 N–H and O–H groups in total. The molecule has 0 aliphatic rings.